The topological polar surface area (TPSA) is 64.8 Å². The lowest BCUT2D eigenvalue weighted by Gasteiger charge is -2.25. The van der Waals surface area contributed by atoms with Gasteiger partial charge in [-0.3, -0.25) is 9.69 Å². The maximum atomic E-state index is 12.9. The highest BCUT2D eigenvalue weighted by molar-refractivity contribution is 7.99. The van der Waals surface area contributed by atoms with Gasteiger partial charge in [-0.05, 0) is 49.3 Å². The van der Waals surface area contributed by atoms with E-state index in [1.807, 2.05) is 6.07 Å². The summed E-state index contributed by atoms with van der Waals surface area (Å²) in [6, 6.07) is 9.21. The monoisotopic (exact) mass is 508 g/mol. The lowest BCUT2D eigenvalue weighted by molar-refractivity contribution is -0.140. The van der Waals surface area contributed by atoms with Crippen LogP contribution in [0.1, 0.15) is 30.7 Å². The van der Waals surface area contributed by atoms with E-state index in [4.69, 9.17) is 13.9 Å². The Bertz CT molecular complexity index is 1180. The molecule has 1 aliphatic heterocycles. The van der Waals surface area contributed by atoms with Crippen molar-refractivity contribution in [3.8, 4) is 5.75 Å². The molecule has 0 unspecified atom stereocenters. The molecule has 0 spiro atoms. The zero-order chi connectivity index (χ0) is 24.7. The third-order valence-corrected chi connectivity index (χ3v) is 6.78. The van der Waals surface area contributed by atoms with E-state index >= 15 is 0 Å². The number of nitrogens with zero attached hydrogens (tertiary/aromatic N) is 2. The fourth-order valence-electron chi connectivity index (χ4n) is 3.76. The van der Waals surface area contributed by atoms with E-state index in [1.165, 1.54) is 18.4 Å². The summed E-state index contributed by atoms with van der Waals surface area (Å²) in [7, 11) is 0. The molecule has 1 saturated heterocycles. The first kappa shape index (κ1) is 25.5. The van der Waals surface area contributed by atoms with Crippen molar-refractivity contribution in [3.05, 3.63) is 64.3 Å². The molecule has 0 amide bonds. The van der Waals surface area contributed by atoms with Crippen LogP contribution in [0.4, 0.5) is 13.2 Å². The SMILES string of the molecule is O=c1cc(CN2CCOCC2)occ1OCCCCCSc1cccc2nc(C(F)(F)F)ccc12. The molecule has 35 heavy (non-hydrogen) atoms. The summed E-state index contributed by atoms with van der Waals surface area (Å²) in [5.74, 6) is 1.64. The first-order valence-electron chi connectivity index (χ1n) is 11.5. The number of morpholine rings is 1. The van der Waals surface area contributed by atoms with Gasteiger partial charge in [0.1, 0.15) is 17.7 Å². The minimum absolute atomic E-state index is 0.187. The van der Waals surface area contributed by atoms with Gasteiger partial charge >= 0.3 is 6.18 Å². The van der Waals surface area contributed by atoms with Gasteiger partial charge in [0, 0.05) is 29.4 Å². The van der Waals surface area contributed by atoms with Crippen LogP contribution in [-0.2, 0) is 17.5 Å². The van der Waals surface area contributed by atoms with E-state index in [0.717, 1.165) is 54.5 Å². The van der Waals surface area contributed by atoms with Gasteiger partial charge in [0.15, 0.2) is 0 Å². The van der Waals surface area contributed by atoms with Crippen molar-refractivity contribution in [1.29, 1.82) is 0 Å². The van der Waals surface area contributed by atoms with E-state index in [9.17, 15) is 18.0 Å². The number of hydrogen-bond donors (Lipinski definition) is 0. The first-order valence-corrected chi connectivity index (χ1v) is 12.5. The van der Waals surface area contributed by atoms with Crippen molar-refractivity contribution in [1.82, 2.24) is 9.88 Å². The average Bonchev–Trinajstić information content (AvgIpc) is 2.84. The number of rotatable bonds is 10. The molecule has 10 heteroatoms. The second-order valence-corrected chi connectivity index (χ2v) is 9.37. The quantitative estimate of drug-likeness (QED) is 0.269. The molecule has 0 N–H and O–H groups in total. The van der Waals surface area contributed by atoms with Gasteiger partial charge in [-0.15, -0.1) is 11.8 Å². The summed E-state index contributed by atoms with van der Waals surface area (Å²) in [5, 5.41) is 0.720. The van der Waals surface area contributed by atoms with E-state index in [0.29, 0.717) is 37.6 Å². The van der Waals surface area contributed by atoms with Crippen LogP contribution in [0.25, 0.3) is 10.9 Å². The minimum atomic E-state index is -4.45. The van der Waals surface area contributed by atoms with Crippen molar-refractivity contribution >= 4 is 22.7 Å². The second kappa shape index (κ2) is 11.9. The highest BCUT2D eigenvalue weighted by Crippen LogP contribution is 2.32. The van der Waals surface area contributed by atoms with Gasteiger partial charge in [0.25, 0.3) is 0 Å². The number of alkyl halides is 3. The predicted molar refractivity (Wildman–Crippen MR) is 128 cm³/mol. The lowest BCUT2D eigenvalue weighted by Crippen LogP contribution is -2.35. The molecular weight excluding hydrogens is 481 g/mol. The maximum absolute atomic E-state index is 12.9. The summed E-state index contributed by atoms with van der Waals surface area (Å²) >= 11 is 1.60. The Morgan fingerprint density at radius 2 is 1.91 bits per heavy atom. The van der Waals surface area contributed by atoms with E-state index in [-0.39, 0.29) is 11.2 Å². The Morgan fingerprint density at radius 1 is 1.09 bits per heavy atom. The third-order valence-electron chi connectivity index (χ3n) is 5.62. The fourth-order valence-corrected chi connectivity index (χ4v) is 4.83. The van der Waals surface area contributed by atoms with Crippen molar-refractivity contribution < 1.29 is 27.1 Å². The Kier molecular flexibility index (Phi) is 8.69. The van der Waals surface area contributed by atoms with Gasteiger partial charge in [0.2, 0.25) is 11.2 Å². The Hall–Kier alpha value is -2.56. The summed E-state index contributed by atoms with van der Waals surface area (Å²) in [6.07, 6.45) is -0.486. The number of aromatic nitrogens is 1. The second-order valence-electron chi connectivity index (χ2n) is 8.24. The molecule has 3 aromatic rings. The smallest absolute Gasteiger partial charge is 0.433 e. The fraction of sp³-hybridized carbons (Fsp3) is 0.440. The molecule has 0 radical (unpaired) electrons. The van der Waals surface area contributed by atoms with Crippen LogP contribution in [0.3, 0.4) is 0 Å². The Balaban J connectivity index is 1.18. The molecule has 6 nitrogen and oxygen atoms in total. The summed E-state index contributed by atoms with van der Waals surface area (Å²) < 4.78 is 55.2. The van der Waals surface area contributed by atoms with Crippen LogP contribution in [-0.4, -0.2) is 48.5 Å². The molecular formula is C25H27F3N2O4S. The molecule has 2 aromatic heterocycles. The number of fused-ring (bicyclic) bond motifs is 1. The molecule has 1 aliphatic rings. The zero-order valence-electron chi connectivity index (χ0n) is 19.2. The summed E-state index contributed by atoms with van der Waals surface area (Å²) in [6.45, 7) is 3.99. The molecule has 0 bridgehead atoms. The minimum Gasteiger partial charge on any atom is -0.487 e. The molecule has 4 rings (SSSR count). The van der Waals surface area contributed by atoms with Crippen LogP contribution in [0, 0.1) is 0 Å². The third kappa shape index (κ3) is 7.22. The van der Waals surface area contributed by atoms with Gasteiger partial charge in [-0.25, -0.2) is 4.98 Å². The first-order chi connectivity index (χ1) is 16.9. The van der Waals surface area contributed by atoms with Gasteiger partial charge in [-0.2, -0.15) is 13.2 Å². The summed E-state index contributed by atoms with van der Waals surface area (Å²) in [4.78, 5) is 19.1. The number of hydrogen-bond acceptors (Lipinski definition) is 7. The molecule has 188 valence electrons. The van der Waals surface area contributed by atoms with Crippen LogP contribution in [0.5, 0.6) is 5.75 Å². The van der Waals surface area contributed by atoms with E-state index in [1.54, 1.807) is 23.9 Å². The largest absolute Gasteiger partial charge is 0.487 e. The lowest BCUT2D eigenvalue weighted by atomic mass is 10.2. The molecule has 1 aromatic carbocycles. The van der Waals surface area contributed by atoms with Gasteiger partial charge in [0.05, 0.1) is 31.9 Å². The van der Waals surface area contributed by atoms with Crippen molar-refractivity contribution in [2.75, 3.05) is 38.7 Å². The number of unbranched alkanes of at least 4 members (excludes halogenated alkanes) is 2. The van der Waals surface area contributed by atoms with Gasteiger partial charge < -0.3 is 13.9 Å². The van der Waals surface area contributed by atoms with Crippen molar-refractivity contribution in [2.45, 2.75) is 36.9 Å². The maximum Gasteiger partial charge on any atom is 0.433 e. The van der Waals surface area contributed by atoms with Gasteiger partial charge in [-0.1, -0.05) is 6.07 Å². The van der Waals surface area contributed by atoms with Crippen molar-refractivity contribution in [2.24, 2.45) is 0 Å². The molecule has 0 aliphatic carbocycles. The highest BCUT2D eigenvalue weighted by Gasteiger charge is 2.32. The summed E-state index contributed by atoms with van der Waals surface area (Å²) in [5.41, 5.74) is -0.728. The predicted octanol–water partition coefficient (Wildman–Crippen LogP) is 5.38. The number of pyridine rings is 1. The number of benzene rings is 1. The van der Waals surface area contributed by atoms with Crippen LogP contribution >= 0.6 is 11.8 Å². The highest BCUT2D eigenvalue weighted by atomic mass is 32.2. The average molecular weight is 509 g/mol. The number of halogens is 3. The molecule has 3 heterocycles. The van der Waals surface area contributed by atoms with E-state index < -0.39 is 11.9 Å². The van der Waals surface area contributed by atoms with Crippen LogP contribution in [0.15, 0.2) is 56.8 Å². The normalized spacial score (nSPS) is 14.9. The Labute approximate surface area is 205 Å². The molecule has 0 saturated carbocycles. The number of ether oxygens (including phenoxy) is 2. The molecule has 1 fully saturated rings. The number of thioether (sulfide) groups is 1. The van der Waals surface area contributed by atoms with Crippen LogP contribution in [0.2, 0.25) is 0 Å². The zero-order valence-corrected chi connectivity index (χ0v) is 20.0. The Morgan fingerprint density at radius 3 is 2.69 bits per heavy atom. The van der Waals surface area contributed by atoms with E-state index in [2.05, 4.69) is 9.88 Å². The standard InChI is InChI=1S/C25H27F3N2O4S/c26-25(27,28)24-8-7-19-20(29-24)5-4-6-23(19)35-14-3-1-2-11-33-22-17-34-18(15-21(22)31)16-30-9-12-32-13-10-30/h4-8,15,17H,1-3,9-14,16H2. The van der Waals surface area contributed by atoms with Crippen molar-refractivity contribution in [3.63, 3.8) is 0 Å². The molecule has 0 atom stereocenters. The van der Waals surface area contributed by atoms with Crippen LogP contribution < -0.4 is 10.2 Å².